The van der Waals surface area contributed by atoms with Crippen LogP contribution in [0.1, 0.15) is 40.0 Å². The van der Waals surface area contributed by atoms with Crippen molar-refractivity contribution in [2.24, 2.45) is 11.3 Å². The van der Waals surface area contributed by atoms with Gasteiger partial charge < -0.3 is 4.90 Å². The van der Waals surface area contributed by atoms with Crippen LogP contribution < -0.4 is 0 Å². The molecule has 1 heterocycles. The summed E-state index contributed by atoms with van der Waals surface area (Å²) in [5.41, 5.74) is 0.561. The molecule has 0 spiro atoms. The van der Waals surface area contributed by atoms with Gasteiger partial charge in [0.2, 0.25) is 0 Å². The normalized spacial score (nSPS) is 33.8. The maximum absolute atomic E-state index is 2.49. The van der Waals surface area contributed by atoms with Gasteiger partial charge in [-0.15, -0.1) is 0 Å². The molecule has 1 fully saturated rings. The molecule has 0 radical (unpaired) electrons. The van der Waals surface area contributed by atoms with Crippen LogP contribution in [0.25, 0.3) is 0 Å². The van der Waals surface area contributed by atoms with Crippen molar-refractivity contribution in [1.82, 2.24) is 4.90 Å². The second-order valence-corrected chi connectivity index (χ2v) is 5.00. The van der Waals surface area contributed by atoms with E-state index in [1.54, 1.807) is 0 Å². The average molecular weight is 169 g/mol. The summed E-state index contributed by atoms with van der Waals surface area (Å²) < 4.78 is 0. The Morgan fingerprint density at radius 2 is 1.92 bits per heavy atom. The van der Waals surface area contributed by atoms with E-state index in [-0.39, 0.29) is 0 Å². The van der Waals surface area contributed by atoms with Crippen molar-refractivity contribution in [2.75, 3.05) is 20.1 Å². The molecule has 1 aliphatic heterocycles. The van der Waals surface area contributed by atoms with Gasteiger partial charge in [-0.3, -0.25) is 0 Å². The number of rotatable bonds is 1. The molecule has 1 unspecified atom stereocenters. The summed E-state index contributed by atoms with van der Waals surface area (Å²) in [7, 11) is 2.26. The second-order valence-electron chi connectivity index (χ2n) is 5.00. The van der Waals surface area contributed by atoms with Gasteiger partial charge in [-0.05, 0) is 37.8 Å². The zero-order chi connectivity index (χ0) is 9.19. The van der Waals surface area contributed by atoms with Crippen molar-refractivity contribution in [3.8, 4) is 0 Å². The van der Waals surface area contributed by atoms with Gasteiger partial charge in [-0.2, -0.15) is 0 Å². The maximum Gasteiger partial charge on any atom is 0.00347 e. The number of nitrogens with zero attached hydrogens (tertiary/aromatic N) is 1. The van der Waals surface area contributed by atoms with Crippen LogP contribution in [-0.4, -0.2) is 25.0 Å². The van der Waals surface area contributed by atoms with E-state index in [0.29, 0.717) is 5.41 Å². The Hall–Kier alpha value is -0.0400. The maximum atomic E-state index is 2.49. The Bertz CT molecular complexity index is 142. The van der Waals surface area contributed by atoms with Gasteiger partial charge in [0, 0.05) is 6.54 Å². The van der Waals surface area contributed by atoms with E-state index in [9.17, 15) is 0 Å². The Labute approximate surface area is 77.1 Å². The molecule has 12 heavy (non-hydrogen) atoms. The van der Waals surface area contributed by atoms with Gasteiger partial charge in [0.1, 0.15) is 0 Å². The molecule has 1 aliphatic rings. The summed E-state index contributed by atoms with van der Waals surface area (Å²) in [6.07, 6.45) is 4.22. The van der Waals surface area contributed by atoms with Crippen LogP contribution in [0.2, 0.25) is 0 Å². The molecule has 1 saturated heterocycles. The van der Waals surface area contributed by atoms with Crippen molar-refractivity contribution in [2.45, 2.75) is 40.0 Å². The molecule has 1 heteroatoms. The summed E-state index contributed by atoms with van der Waals surface area (Å²) in [5, 5.41) is 0. The van der Waals surface area contributed by atoms with Gasteiger partial charge in [0.15, 0.2) is 0 Å². The minimum atomic E-state index is 0.561. The molecule has 1 atom stereocenters. The third-order valence-corrected chi connectivity index (χ3v) is 3.56. The molecule has 0 bridgehead atoms. The fraction of sp³-hybridized carbons (Fsp3) is 1.00. The van der Waals surface area contributed by atoms with E-state index in [0.717, 1.165) is 5.92 Å². The van der Waals surface area contributed by atoms with E-state index in [1.165, 1.54) is 32.4 Å². The number of hydrogen-bond donors (Lipinski definition) is 0. The molecule has 0 aromatic carbocycles. The number of hydrogen-bond acceptors (Lipinski definition) is 1. The van der Waals surface area contributed by atoms with E-state index in [4.69, 9.17) is 0 Å². The first-order chi connectivity index (χ1) is 5.54. The first kappa shape index (κ1) is 10.0. The average Bonchev–Trinajstić information content (AvgIpc) is 2.12. The van der Waals surface area contributed by atoms with Crippen molar-refractivity contribution in [3.63, 3.8) is 0 Å². The lowest BCUT2D eigenvalue weighted by Gasteiger charge is -2.35. The van der Waals surface area contributed by atoms with Gasteiger partial charge in [-0.25, -0.2) is 0 Å². The molecule has 0 amide bonds. The molecule has 1 nitrogen and oxygen atoms in total. The van der Waals surface area contributed by atoms with E-state index in [1.807, 2.05) is 0 Å². The molecule has 0 aromatic rings. The van der Waals surface area contributed by atoms with Crippen molar-refractivity contribution in [3.05, 3.63) is 0 Å². The van der Waals surface area contributed by atoms with Gasteiger partial charge in [-0.1, -0.05) is 27.2 Å². The van der Waals surface area contributed by atoms with Crippen LogP contribution in [0.5, 0.6) is 0 Å². The first-order valence-corrected chi connectivity index (χ1v) is 5.23. The van der Waals surface area contributed by atoms with E-state index < -0.39 is 0 Å². The largest absolute Gasteiger partial charge is 0.306 e. The predicted octanol–water partition coefficient (Wildman–Crippen LogP) is 2.76. The first-order valence-electron chi connectivity index (χ1n) is 5.23. The van der Waals surface area contributed by atoms with Crippen molar-refractivity contribution < 1.29 is 0 Å². The van der Waals surface area contributed by atoms with Gasteiger partial charge >= 0.3 is 0 Å². The van der Waals surface area contributed by atoms with E-state index >= 15 is 0 Å². The topological polar surface area (TPSA) is 3.24 Å². The quantitative estimate of drug-likeness (QED) is 0.583. The summed E-state index contributed by atoms with van der Waals surface area (Å²) in [5.74, 6) is 0.818. The Balaban J connectivity index is 2.61. The second kappa shape index (κ2) is 3.78. The van der Waals surface area contributed by atoms with Gasteiger partial charge in [0.25, 0.3) is 0 Å². The lowest BCUT2D eigenvalue weighted by molar-refractivity contribution is 0.145. The smallest absolute Gasteiger partial charge is 0.00347 e. The summed E-state index contributed by atoms with van der Waals surface area (Å²) in [6, 6.07) is 0. The lowest BCUT2D eigenvalue weighted by Crippen LogP contribution is -2.35. The molecule has 0 aliphatic carbocycles. The Kier molecular flexibility index (Phi) is 3.16. The third-order valence-electron chi connectivity index (χ3n) is 3.56. The number of likely N-dealkylation sites (tertiary alicyclic amines) is 1. The highest BCUT2D eigenvalue weighted by Crippen LogP contribution is 2.35. The zero-order valence-electron chi connectivity index (χ0n) is 9.06. The van der Waals surface area contributed by atoms with Crippen LogP contribution in [0.15, 0.2) is 0 Å². The molecular formula is C11H23N. The lowest BCUT2D eigenvalue weighted by atomic mass is 9.75. The predicted molar refractivity (Wildman–Crippen MR) is 54.3 cm³/mol. The molecule has 0 saturated carbocycles. The SMILES string of the molecule is CC(C)C1(C)CCCCN(C)C1. The molecule has 1 rings (SSSR count). The van der Waals surface area contributed by atoms with E-state index in [2.05, 4.69) is 32.7 Å². The van der Waals surface area contributed by atoms with Crippen LogP contribution in [0, 0.1) is 11.3 Å². The van der Waals surface area contributed by atoms with Crippen LogP contribution in [0.3, 0.4) is 0 Å². The fourth-order valence-corrected chi connectivity index (χ4v) is 2.16. The summed E-state index contributed by atoms with van der Waals surface area (Å²) in [6.45, 7) is 9.74. The minimum Gasteiger partial charge on any atom is -0.306 e. The summed E-state index contributed by atoms with van der Waals surface area (Å²) in [4.78, 5) is 2.49. The van der Waals surface area contributed by atoms with Crippen LogP contribution in [0.4, 0.5) is 0 Å². The molecule has 0 aromatic heterocycles. The van der Waals surface area contributed by atoms with Crippen molar-refractivity contribution >= 4 is 0 Å². The van der Waals surface area contributed by atoms with Crippen molar-refractivity contribution in [1.29, 1.82) is 0 Å². The third kappa shape index (κ3) is 2.22. The Morgan fingerprint density at radius 3 is 2.50 bits per heavy atom. The Morgan fingerprint density at radius 1 is 1.25 bits per heavy atom. The van der Waals surface area contributed by atoms with Crippen LogP contribution >= 0.6 is 0 Å². The molecular weight excluding hydrogens is 146 g/mol. The zero-order valence-corrected chi connectivity index (χ0v) is 9.06. The minimum absolute atomic E-state index is 0.561. The highest BCUT2D eigenvalue weighted by atomic mass is 15.1. The standard InChI is InChI=1S/C11H23N/c1-10(2)11(3)7-5-6-8-12(4)9-11/h10H,5-9H2,1-4H3. The van der Waals surface area contributed by atoms with Gasteiger partial charge in [0.05, 0.1) is 0 Å². The highest BCUT2D eigenvalue weighted by Gasteiger charge is 2.30. The monoisotopic (exact) mass is 169 g/mol. The van der Waals surface area contributed by atoms with Crippen LogP contribution in [-0.2, 0) is 0 Å². The fourth-order valence-electron chi connectivity index (χ4n) is 2.16. The molecule has 0 N–H and O–H groups in total. The highest BCUT2D eigenvalue weighted by molar-refractivity contribution is 4.83. The summed E-state index contributed by atoms with van der Waals surface area (Å²) >= 11 is 0. The molecule has 72 valence electrons.